The summed E-state index contributed by atoms with van der Waals surface area (Å²) in [6, 6.07) is 7.97. The van der Waals surface area contributed by atoms with Crippen molar-refractivity contribution in [1.29, 1.82) is 0 Å². The molecule has 2 rings (SSSR count). The van der Waals surface area contributed by atoms with Crippen LogP contribution in [0.1, 0.15) is 18.5 Å². The normalized spacial score (nSPS) is 12.4. The Kier molecular flexibility index (Phi) is 3.54. The van der Waals surface area contributed by atoms with Gasteiger partial charge in [-0.3, -0.25) is 4.98 Å². The van der Waals surface area contributed by atoms with E-state index in [1.54, 1.807) is 24.2 Å². The van der Waals surface area contributed by atoms with Crippen LogP contribution in [0.3, 0.4) is 0 Å². The Morgan fingerprint density at radius 1 is 1.19 bits per heavy atom. The zero-order valence-corrected chi connectivity index (χ0v) is 9.82. The maximum absolute atomic E-state index is 5.76. The summed E-state index contributed by atoms with van der Waals surface area (Å²) in [5, 5.41) is 0.968. The van der Waals surface area contributed by atoms with Crippen LogP contribution < -0.4 is 5.73 Å². The van der Waals surface area contributed by atoms with E-state index in [0.29, 0.717) is 0 Å². The molecule has 2 N–H and O–H groups in total. The average molecular weight is 231 g/mol. The van der Waals surface area contributed by atoms with Gasteiger partial charge in [0.25, 0.3) is 0 Å². The Morgan fingerprint density at radius 3 is 2.50 bits per heavy atom. The molecule has 0 radical (unpaired) electrons. The van der Waals surface area contributed by atoms with Gasteiger partial charge in [0.05, 0.1) is 0 Å². The van der Waals surface area contributed by atoms with Crippen molar-refractivity contribution in [3.8, 4) is 0 Å². The molecule has 0 aliphatic carbocycles. The molecule has 0 spiro atoms. The van der Waals surface area contributed by atoms with Gasteiger partial charge in [-0.1, -0.05) is 17.8 Å². The first-order valence-corrected chi connectivity index (χ1v) is 5.87. The van der Waals surface area contributed by atoms with Gasteiger partial charge >= 0.3 is 0 Å². The summed E-state index contributed by atoms with van der Waals surface area (Å²) in [6.07, 6.45) is 5.38. The molecule has 2 heterocycles. The molecule has 0 unspecified atom stereocenters. The van der Waals surface area contributed by atoms with Crippen molar-refractivity contribution in [3.05, 3.63) is 48.4 Å². The molecule has 4 heteroatoms. The molecule has 0 aromatic carbocycles. The highest BCUT2D eigenvalue weighted by Crippen LogP contribution is 2.25. The number of hydrogen-bond acceptors (Lipinski definition) is 4. The van der Waals surface area contributed by atoms with E-state index in [1.165, 1.54) is 0 Å². The van der Waals surface area contributed by atoms with Gasteiger partial charge in [0.15, 0.2) is 0 Å². The highest BCUT2D eigenvalue weighted by Gasteiger charge is 2.01. The molecule has 0 aliphatic rings. The van der Waals surface area contributed by atoms with Gasteiger partial charge in [0.1, 0.15) is 5.03 Å². The minimum absolute atomic E-state index is 0.0347. The van der Waals surface area contributed by atoms with Crippen LogP contribution in [-0.4, -0.2) is 9.97 Å². The van der Waals surface area contributed by atoms with Crippen LogP contribution in [0.5, 0.6) is 0 Å². The van der Waals surface area contributed by atoms with Gasteiger partial charge < -0.3 is 5.73 Å². The van der Waals surface area contributed by atoms with Gasteiger partial charge in [-0.15, -0.1) is 0 Å². The summed E-state index contributed by atoms with van der Waals surface area (Å²) in [6.45, 7) is 1.95. The van der Waals surface area contributed by atoms with E-state index in [0.717, 1.165) is 15.5 Å². The smallest absolute Gasteiger partial charge is 0.101 e. The molecule has 2 aromatic rings. The third-order valence-corrected chi connectivity index (χ3v) is 3.12. The number of nitrogens with two attached hydrogens (primary N) is 1. The van der Waals surface area contributed by atoms with Crippen LogP contribution in [0.25, 0.3) is 0 Å². The minimum atomic E-state index is 0.0347. The van der Waals surface area contributed by atoms with Crippen molar-refractivity contribution < 1.29 is 0 Å². The van der Waals surface area contributed by atoms with Crippen molar-refractivity contribution in [2.75, 3.05) is 0 Å². The maximum Gasteiger partial charge on any atom is 0.101 e. The second kappa shape index (κ2) is 5.09. The second-order valence-electron chi connectivity index (χ2n) is 3.50. The lowest BCUT2D eigenvalue weighted by Gasteiger charge is -2.05. The molecule has 0 aliphatic heterocycles. The molecule has 2 aromatic heterocycles. The SMILES string of the molecule is C[C@@H](N)c1ccc(Sc2ccncc2)nc1. The van der Waals surface area contributed by atoms with Gasteiger partial charge in [-0.05, 0) is 30.7 Å². The van der Waals surface area contributed by atoms with E-state index in [4.69, 9.17) is 5.73 Å². The number of pyridine rings is 2. The summed E-state index contributed by atoms with van der Waals surface area (Å²) in [5.74, 6) is 0. The highest BCUT2D eigenvalue weighted by molar-refractivity contribution is 7.99. The monoisotopic (exact) mass is 231 g/mol. The van der Waals surface area contributed by atoms with Crippen molar-refractivity contribution in [1.82, 2.24) is 9.97 Å². The number of hydrogen-bond donors (Lipinski definition) is 1. The summed E-state index contributed by atoms with van der Waals surface area (Å²) < 4.78 is 0. The predicted molar refractivity (Wildman–Crippen MR) is 65.2 cm³/mol. The number of aromatic nitrogens is 2. The summed E-state index contributed by atoms with van der Waals surface area (Å²) >= 11 is 1.62. The summed E-state index contributed by atoms with van der Waals surface area (Å²) in [7, 11) is 0. The topological polar surface area (TPSA) is 51.8 Å². The summed E-state index contributed by atoms with van der Waals surface area (Å²) in [5.41, 5.74) is 6.82. The van der Waals surface area contributed by atoms with Crippen molar-refractivity contribution in [3.63, 3.8) is 0 Å². The molecule has 3 nitrogen and oxygen atoms in total. The van der Waals surface area contributed by atoms with Crippen LogP contribution in [0.4, 0.5) is 0 Å². The highest BCUT2D eigenvalue weighted by atomic mass is 32.2. The van der Waals surface area contributed by atoms with Crippen LogP contribution in [0.15, 0.2) is 52.8 Å². The fraction of sp³-hybridized carbons (Fsp3) is 0.167. The molecule has 0 amide bonds. The third kappa shape index (κ3) is 2.81. The minimum Gasteiger partial charge on any atom is -0.324 e. The molecular weight excluding hydrogens is 218 g/mol. The Labute approximate surface area is 99.1 Å². The molecule has 0 fully saturated rings. The Hall–Kier alpha value is -1.39. The molecular formula is C12H13N3S. The lowest BCUT2D eigenvalue weighted by molar-refractivity contribution is 0.806. The quantitative estimate of drug-likeness (QED) is 0.882. The number of rotatable bonds is 3. The van der Waals surface area contributed by atoms with Crippen molar-refractivity contribution >= 4 is 11.8 Å². The first kappa shape index (κ1) is 11.1. The van der Waals surface area contributed by atoms with Crippen LogP contribution in [-0.2, 0) is 0 Å². The molecule has 0 saturated heterocycles. The molecule has 0 saturated carbocycles. The number of nitrogens with zero attached hydrogens (tertiary/aromatic N) is 2. The van der Waals surface area contributed by atoms with Crippen LogP contribution in [0.2, 0.25) is 0 Å². The fourth-order valence-corrected chi connectivity index (χ4v) is 1.99. The van der Waals surface area contributed by atoms with Crippen LogP contribution in [0, 0.1) is 0 Å². The fourth-order valence-electron chi connectivity index (χ4n) is 1.25. The van der Waals surface area contributed by atoms with Gasteiger partial charge in [-0.2, -0.15) is 0 Å². The maximum atomic E-state index is 5.76. The lowest BCUT2D eigenvalue weighted by Crippen LogP contribution is -2.04. The zero-order chi connectivity index (χ0) is 11.4. The van der Waals surface area contributed by atoms with E-state index in [9.17, 15) is 0 Å². The second-order valence-corrected chi connectivity index (χ2v) is 4.60. The molecule has 0 bridgehead atoms. The Bertz CT molecular complexity index is 440. The van der Waals surface area contributed by atoms with E-state index in [2.05, 4.69) is 9.97 Å². The predicted octanol–water partition coefficient (Wildman–Crippen LogP) is 2.65. The lowest BCUT2D eigenvalue weighted by atomic mass is 10.2. The third-order valence-electron chi connectivity index (χ3n) is 2.16. The molecule has 16 heavy (non-hydrogen) atoms. The first-order chi connectivity index (χ1) is 7.75. The summed E-state index contributed by atoms with van der Waals surface area (Å²) in [4.78, 5) is 9.47. The van der Waals surface area contributed by atoms with E-state index < -0.39 is 0 Å². The van der Waals surface area contributed by atoms with E-state index in [1.807, 2.05) is 37.4 Å². The van der Waals surface area contributed by atoms with Gasteiger partial charge in [-0.25, -0.2) is 4.98 Å². The van der Waals surface area contributed by atoms with Crippen molar-refractivity contribution in [2.45, 2.75) is 22.9 Å². The van der Waals surface area contributed by atoms with Crippen molar-refractivity contribution in [2.24, 2.45) is 5.73 Å². The van der Waals surface area contributed by atoms with Gasteiger partial charge in [0, 0.05) is 29.5 Å². The molecule has 82 valence electrons. The standard InChI is InChI=1S/C12H13N3S/c1-9(13)10-2-3-12(15-8-10)16-11-4-6-14-7-5-11/h2-9H,13H2,1H3/t9-/m1/s1. The van der Waals surface area contributed by atoms with Gasteiger partial charge in [0.2, 0.25) is 0 Å². The average Bonchev–Trinajstić information content (AvgIpc) is 2.31. The molecule has 1 atom stereocenters. The van der Waals surface area contributed by atoms with E-state index in [-0.39, 0.29) is 6.04 Å². The van der Waals surface area contributed by atoms with Crippen LogP contribution >= 0.6 is 11.8 Å². The largest absolute Gasteiger partial charge is 0.324 e. The zero-order valence-electron chi connectivity index (χ0n) is 9.00. The van der Waals surface area contributed by atoms with E-state index >= 15 is 0 Å². The Morgan fingerprint density at radius 2 is 1.94 bits per heavy atom. The first-order valence-electron chi connectivity index (χ1n) is 5.05. The Balaban J connectivity index is 2.11.